The van der Waals surface area contributed by atoms with Crippen LogP contribution in [0.5, 0.6) is 5.88 Å². The number of aromatic nitrogens is 1. The Bertz CT molecular complexity index is 673. The van der Waals surface area contributed by atoms with Gasteiger partial charge in [0.15, 0.2) is 5.69 Å². The van der Waals surface area contributed by atoms with E-state index in [1.165, 1.54) is 0 Å². The standard InChI is InChI=1S/C12H14N4OS/c1-6-4-7(2)10-8(5-6)9(11(17)16(10)3)14-15-12(13)18/h4-5,17H,1-3H3,(H2,13,18). The molecule has 2 aromatic rings. The molecule has 6 heteroatoms. The third-order valence-corrected chi connectivity index (χ3v) is 2.90. The lowest BCUT2D eigenvalue weighted by atomic mass is 10.1. The molecule has 0 saturated heterocycles. The fourth-order valence-corrected chi connectivity index (χ4v) is 2.21. The summed E-state index contributed by atoms with van der Waals surface area (Å²) >= 11 is 4.65. The van der Waals surface area contributed by atoms with E-state index in [1.807, 2.05) is 19.9 Å². The van der Waals surface area contributed by atoms with Crippen molar-refractivity contribution in [1.29, 1.82) is 0 Å². The Morgan fingerprint density at radius 3 is 2.67 bits per heavy atom. The molecule has 0 amide bonds. The third-order valence-electron chi connectivity index (χ3n) is 2.81. The summed E-state index contributed by atoms with van der Waals surface area (Å²) in [6.45, 7) is 3.98. The SMILES string of the molecule is Cc1cc(C)c2c(c1)c(N=NC(N)=S)c(O)n2C. The molecule has 1 aromatic carbocycles. The van der Waals surface area contributed by atoms with Crippen molar-refractivity contribution in [2.24, 2.45) is 23.0 Å². The van der Waals surface area contributed by atoms with Gasteiger partial charge in [0.05, 0.1) is 5.52 Å². The second-order valence-electron chi connectivity index (χ2n) is 4.25. The molecule has 0 aliphatic carbocycles. The maximum Gasteiger partial charge on any atom is 0.220 e. The number of nitrogens with two attached hydrogens (primary N) is 1. The molecule has 94 valence electrons. The highest BCUT2D eigenvalue weighted by Gasteiger charge is 2.16. The van der Waals surface area contributed by atoms with Crippen LogP contribution < -0.4 is 5.73 Å². The van der Waals surface area contributed by atoms with Gasteiger partial charge in [-0.25, -0.2) is 0 Å². The summed E-state index contributed by atoms with van der Waals surface area (Å²) in [5, 5.41) is 18.4. The zero-order chi connectivity index (χ0) is 13.4. The smallest absolute Gasteiger partial charge is 0.220 e. The van der Waals surface area contributed by atoms with E-state index in [4.69, 9.17) is 5.73 Å². The van der Waals surface area contributed by atoms with Gasteiger partial charge in [0, 0.05) is 12.4 Å². The number of azo groups is 1. The number of hydrogen-bond donors (Lipinski definition) is 2. The molecule has 18 heavy (non-hydrogen) atoms. The van der Waals surface area contributed by atoms with Crippen LogP contribution in [-0.2, 0) is 7.05 Å². The van der Waals surface area contributed by atoms with Gasteiger partial charge in [-0.2, -0.15) is 0 Å². The molecule has 0 atom stereocenters. The summed E-state index contributed by atoms with van der Waals surface area (Å²) in [5.74, 6) is 0.0544. The Hall–Kier alpha value is -1.95. The van der Waals surface area contributed by atoms with Gasteiger partial charge in [-0.15, -0.1) is 10.2 Å². The summed E-state index contributed by atoms with van der Waals surface area (Å²) in [6.07, 6.45) is 0. The van der Waals surface area contributed by atoms with Crippen LogP contribution >= 0.6 is 12.2 Å². The Balaban J connectivity index is 2.81. The van der Waals surface area contributed by atoms with Crippen LogP contribution in [0.1, 0.15) is 11.1 Å². The van der Waals surface area contributed by atoms with Crippen molar-refractivity contribution >= 4 is 33.9 Å². The highest BCUT2D eigenvalue weighted by Crippen LogP contribution is 2.39. The lowest BCUT2D eigenvalue weighted by Crippen LogP contribution is -2.01. The van der Waals surface area contributed by atoms with Crippen molar-refractivity contribution < 1.29 is 5.11 Å². The zero-order valence-corrected chi connectivity index (χ0v) is 11.2. The Kier molecular flexibility index (Phi) is 3.04. The van der Waals surface area contributed by atoms with Gasteiger partial charge < -0.3 is 15.4 Å². The molecule has 0 fully saturated rings. The van der Waals surface area contributed by atoms with Gasteiger partial charge >= 0.3 is 0 Å². The quantitative estimate of drug-likeness (QED) is 0.613. The minimum atomic E-state index is -0.0595. The summed E-state index contributed by atoms with van der Waals surface area (Å²) < 4.78 is 1.68. The lowest BCUT2D eigenvalue weighted by molar-refractivity contribution is 0.436. The summed E-state index contributed by atoms with van der Waals surface area (Å²) in [5.41, 5.74) is 8.77. The van der Waals surface area contributed by atoms with Crippen LogP contribution in [0.15, 0.2) is 22.4 Å². The monoisotopic (exact) mass is 262 g/mol. The predicted octanol–water partition coefficient (Wildman–Crippen LogP) is 2.83. The Labute approximate surface area is 110 Å². The number of fused-ring (bicyclic) bond motifs is 1. The number of aromatic hydroxyl groups is 1. The molecular weight excluding hydrogens is 248 g/mol. The third kappa shape index (κ3) is 1.95. The van der Waals surface area contributed by atoms with Gasteiger partial charge in [0.2, 0.25) is 11.0 Å². The molecule has 1 heterocycles. The van der Waals surface area contributed by atoms with Gasteiger partial charge in [0.25, 0.3) is 0 Å². The number of hydrogen-bond acceptors (Lipinski definition) is 3. The fraction of sp³-hybridized carbons (Fsp3) is 0.250. The molecule has 0 aliphatic heterocycles. The molecule has 5 nitrogen and oxygen atoms in total. The molecular formula is C12H14N4OS. The van der Waals surface area contributed by atoms with Crippen LogP contribution in [0.4, 0.5) is 5.69 Å². The van der Waals surface area contributed by atoms with Crippen LogP contribution in [0.3, 0.4) is 0 Å². The summed E-state index contributed by atoms with van der Waals surface area (Å²) in [4.78, 5) is 0. The Morgan fingerprint density at radius 2 is 2.06 bits per heavy atom. The first kappa shape index (κ1) is 12.5. The summed E-state index contributed by atoms with van der Waals surface area (Å²) in [7, 11) is 1.78. The number of rotatable bonds is 1. The van der Waals surface area contributed by atoms with Crippen molar-refractivity contribution in [1.82, 2.24) is 4.57 Å². The number of benzene rings is 1. The number of aryl methyl sites for hydroxylation is 3. The van der Waals surface area contributed by atoms with Crippen LogP contribution in [0.2, 0.25) is 0 Å². The van der Waals surface area contributed by atoms with E-state index in [1.54, 1.807) is 11.6 Å². The summed E-state index contributed by atoms with van der Waals surface area (Å²) in [6, 6.07) is 4.01. The number of nitrogens with zero attached hydrogens (tertiary/aromatic N) is 3. The molecule has 0 bridgehead atoms. The van der Waals surface area contributed by atoms with Crippen molar-refractivity contribution in [3.8, 4) is 5.88 Å². The van der Waals surface area contributed by atoms with Gasteiger partial charge in [-0.1, -0.05) is 11.6 Å². The zero-order valence-electron chi connectivity index (χ0n) is 10.4. The molecule has 1 aromatic heterocycles. The van der Waals surface area contributed by atoms with Gasteiger partial charge in [0.1, 0.15) is 0 Å². The second kappa shape index (κ2) is 4.38. The minimum absolute atomic E-state index is 0.0544. The normalized spacial score (nSPS) is 11.5. The van der Waals surface area contributed by atoms with Crippen molar-refractivity contribution in [3.63, 3.8) is 0 Å². The van der Waals surface area contributed by atoms with E-state index in [9.17, 15) is 5.11 Å². The highest BCUT2D eigenvalue weighted by molar-refractivity contribution is 7.80. The predicted molar refractivity (Wildman–Crippen MR) is 75.4 cm³/mol. The first-order chi connectivity index (χ1) is 8.41. The lowest BCUT2D eigenvalue weighted by Gasteiger charge is -2.02. The molecule has 0 spiro atoms. The van der Waals surface area contributed by atoms with Gasteiger partial charge in [-0.3, -0.25) is 0 Å². The molecule has 3 N–H and O–H groups in total. The van der Waals surface area contributed by atoms with E-state index in [2.05, 4.69) is 28.5 Å². The van der Waals surface area contributed by atoms with Gasteiger partial charge in [-0.05, 0) is 37.7 Å². The van der Waals surface area contributed by atoms with E-state index in [0.29, 0.717) is 5.69 Å². The van der Waals surface area contributed by atoms with Crippen LogP contribution in [-0.4, -0.2) is 14.8 Å². The largest absolute Gasteiger partial charge is 0.493 e. The maximum absolute atomic E-state index is 10.1. The molecule has 0 unspecified atom stereocenters. The molecule has 0 aliphatic rings. The minimum Gasteiger partial charge on any atom is -0.493 e. The fourth-order valence-electron chi connectivity index (χ4n) is 2.17. The average Bonchev–Trinajstić information content (AvgIpc) is 2.49. The van der Waals surface area contributed by atoms with E-state index in [-0.39, 0.29) is 11.0 Å². The van der Waals surface area contributed by atoms with Crippen LogP contribution in [0, 0.1) is 13.8 Å². The van der Waals surface area contributed by atoms with Crippen molar-refractivity contribution in [2.45, 2.75) is 13.8 Å². The highest BCUT2D eigenvalue weighted by atomic mass is 32.1. The van der Waals surface area contributed by atoms with E-state index < -0.39 is 0 Å². The average molecular weight is 262 g/mol. The molecule has 0 radical (unpaired) electrons. The first-order valence-corrected chi connectivity index (χ1v) is 5.82. The second-order valence-corrected chi connectivity index (χ2v) is 4.67. The molecule has 2 rings (SSSR count). The molecule has 0 saturated carbocycles. The van der Waals surface area contributed by atoms with E-state index in [0.717, 1.165) is 22.0 Å². The van der Waals surface area contributed by atoms with Crippen LogP contribution in [0.25, 0.3) is 10.9 Å². The first-order valence-electron chi connectivity index (χ1n) is 5.41. The topological polar surface area (TPSA) is 75.9 Å². The van der Waals surface area contributed by atoms with Crippen molar-refractivity contribution in [2.75, 3.05) is 0 Å². The van der Waals surface area contributed by atoms with E-state index >= 15 is 0 Å². The maximum atomic E-state index is 10.1. The number of thiocarbonyl (C=S) groups is 1. The van der Waals surface area contributed by atoms with Crippen molar-refractivity contribution in [3.05, 3.63) is 23.3 Å². The Morgan fingerprint density at radius 1 is 1.39 bits per heavy atom.